The normalized spacial score (nSPS) is 11.5. The molecule has 24 heavy (non-hydrogen) atoms. The van der Waals surface area contributed by atoms with Crippen LogP contribution in [0.5, 0.6) is 5.75 Å². The highest BCUT2D eigenvalue weighted by Gasteiger charge is 2.18. The highest BCUT2D eigenvalue weighted by atomic mass is 127. The Bertz CT molecular complexity index is 718. The molecule has 0 aliphatic heterocycles. The average molecular weight is 439 g/mol. The molecule has 1 unspecified atom stereocenters. The smallest absolute Gasteiger partial charge is 0.302 e. The molecule has 0 heterocycles. The van der Waals surface area contributed by atoms with Gasteiger partial charge in [-0.3, -0.25) is 9.59 Å². The zero-order valence-electron chi connectivity index (χ0n) is 13.4. The molecule has 0 saturated carbocycles. The number of amides is 1. The summed E-state index contributed by atoms with van der Waals surface area (Å²) in [7, 11) is 1.60. The number of methoxy groups -OCH3 is 1. The highest BCUT2D eigenvalue weighted by molar-refractivity contribution is 14.1. The molecule has 0 aromatic heterocycles. The van der Waals surface area contributed by atoms with Crippen molar-refractivity contribution in [3.63, 3.8) is 0 Å². The van der Waals surface area contributed by atoms with Crippen LogP contribution in [-0.2, 0) is 9.53 Å². The largest absolute Gasteiger partial charge is 0.496 e. The lowest BCUT2D eigenvalue weighted by Crippen LogP contribution is -2.32. The Morgan fingerprint density at radius 1 is 1.17 bits per heavy atom. The number of ether oxygens (including phenoxy) is 2. The van der Waals surface area contributed by atoms with Gasteiger partial charge in [0.15, 0.2) is 0 Å². The molecule has 0 bridgehead atoms. The van der Waals surface area contributed by atoms with Gasteiger partial charge in [0, 0.05) is 12.5 Å². The van der Waals surface area contributed by atoms with Gasteiger partial charge in [-0.1, -0.05) is 24.3 Å². The van der Waals surface area contributed by atoms with Gasteiger partial charge >= 0.3 is 5.97 Å². The molecule has 0 aliphatic carbocycles. The Morgan fingerprint density at radius 2 is 1.88 bits per heavy atom. The average Bonchev–Trinajstić information content (AvgIpc) is 2.59. The summed E-state index contributed by atoms with van der Waals surface area (Å²) in [5.74, 6) is 0.135. The molecule has 5 nitrogen and oxygen atoms in total. The number of rotatable bonds is 6. The summed E-state index contributed by atoms with van der Waals surface area (Å²) in [6, 6.07) is 14.0. The van der Waals surface area contributed by atoms with Crippen LogP contribution in [-0.4, -0.2) is 25.6 Å². The van der Waals surface area contributed by atoms with Gasteiger partial charge in [-0.15, -0.1) is 0 Å². The molecule has 0 saturated heterocycles. The van der Waals surface area contributed by atoms with Gasteiger partial charge in [0.25, 0.3) is 5.91 Å². The summed E-state index contributed by atoms with van der Waals surface area (Å²) in [6.45, 7) is 1.41. The van der Waals surface area contributed by atoms with E-state index in [9.17, 15) is 9.59 Å². The third kappa shape index (κ3) is 4.95. The van der Waals surface area contributed by atoms with E-state index in [1.54, 1.807) is 31.4 Å². The van der Waals surface area contributed by atoms with Gasteiger partial charge in [0.1, 0.15) is 12.4 Å². The van der Waals surface area contributed by atoms with Crippen molar-refractivity contribution in [2.45, 2.75) is 13.0 Å². The first kappa shape index (κ1) is 18.3. The second kappa shape index (κ2) is 8.68. The standard InChI is InChI=1S/C18H18INO4/c1-12(21)24-11-16(14-8-9-17(23-2)15(19)10-14)20-18(22)13-6-4-3-5-7-13/h3-10,16H,11H2,1-2H3,(H,20,22). The summed E-state index contributed by atoms with van der Waals surface area (Å²) in [5.41, 5.74) is 1.39. The van der Waals surface area contributed by atoms with Crippen LogP contribution in [0.3, 0.4) is 0 Å². The number of benzene rings is 2. The second-order valence-corrected chi connectivity index (χ2v) is 6.25. The summed E-state index contributed by atoms with van der Waals surface area (Å²) < 4.78 is 11.3. The molecule has 0 fully saturated rings. The van der Waals surface area contributed by atoms with Crippen molar-refractivity contribution < 1.29 is 19.1 Å². The minimum atomic E-state index is -0.443. The third-order valence-corrected chi connectivity index (χ3v) is 4.22. The number of carbonyl (C=O) groups is 2. The van der Waals surface area contributed by atoms with Crippen molar-refractivity contribution in [1.82, 2.24) is 5.32 Å². The fourth-order valence-electron chi connectivity index (χ4n) is 2.15. The maximum absolute atomic E-state index is 12.4. The van der Waals surface area contributed by atoms with Crippen LogP contribution in [0.1, 0.15) is 28.9 Å². The van der Waals surface area contributed by atoms with E-state index in [2.05, 4.69) is 27.9 Å². The fraction of sp³-hybridized carbons (Fsp3) is 0.222. The molecule has 1 amide bonds. The molecular formula is C18H18INO4. The zero-order chi connectivity index (χ0) is 17.5. The van der Waals surface area contributed by atoms with E-state index < -0.39 is 12.0 Å². The minimum absolute atomic E-state index is 0.0658. The van der Waals surface area contributed by atoms with Crippen molar-refractivity contribution in [3.8, 4) is 5.75 Å². The molecule has 0 aliphatic rings. The van der Waals surface area contributed by atoms with Gasteiger partial charge in [-0.25, -0.2) is 0 Å². The zero-order valence-corrected chi connectivity index (χ0v) is 15.6. The molecule has 1 N–H and O–H groups in total. The summed E-state index contributed by atoms with van der Waals surface area (Å²) >= 11 is 2.16. The second-order valence-electron chi connectivity index (χ2n) is 5.09. The maximum atomic E-state index is 12.4. The van der Waals surface area contributed by atoms with Crippen LogP contribution < -0.4 is 10.1 Å². The van der Waals surface area contributed by atoms with Crippen LogP contribution in [0.15, 0.2) is 48.5 Å². The van der Waals surface area contributed by atoms with Crippen LogP contribution in [0, 0.1) is 3.57 Å². The Hall–Kier alpha value is -2.09. The monoisotopic (exact) mass is 439 g/mol. The van der Waals surface area contributed by atoms with Crippen molar-refractivity contribution in [3.05, 3.63) is 63.2 Å². The fourth-order valence-corrected chi connectivity index (χ4v) is 2.91. The summed E-state index contributed by atoms with van der Waals surface area (Å²) in [5, 5.41) is 2.91. The SMILES string of the molecule is COc1ccc(C(COC(C)=O)NC(=O)c2ccccc2)cc1I. The van der Waals surface area contributed by atoms with Gasteiger partial charge in [-0.2, -0.15) is 0 Å². The molecule has 2 aromatic rings. The highest BCUT2D eigenvalue weighted by Crippen LogP contribution is 2.25. The van der Waals surface area contributed by atoms with E-state index >= 15 is 0 Å². The number of esters is 1. The van der Waals surface area contributed by atoms with E-state index in [0.717, 1.165) is 14.9 Å². The quantitative estimate of drug-likeness (QED) is 0.554. The molecular weight excluding hydrogens is 421 g/mol. The van der Waals surface area contributed by atoms with E-state index in [-0.39, 0.29) is 12.5 Å². The van der Waals surface area contributed by atoms with Crippen LogP contribution in [0.25, 0.3) is 0 Å². The lowest BCUT2D eigenvalue weighted by Gasteiger charge is -2.20. The molecule has 1 atom stereocenters. The Kier molecular flexibility index (Phi) is 6.60. The van der Waals surface area contributed by atoms with Gasteiger partial charge in [0.05, 0.1) is 16.7 Å². The van der Waals surface area contributed by atoms with Gasteiger partial charge in [0.2, 0.25) is 0 Å². The van der Waals surface area contributed by atoms with Crippen molar-refractivity contribution in [2.24, 2.45) is 0 Å². The van der Waals surface area contributed by atoms with Crippen LogP contribution in [0.2, 0.25) is 0 Å². The molecule has 2 rings (SSSR count). The van der Waals surface area contributed by atoms with E-state index in [1.807, 2.05) is 24.3 Å². The number of hydrogen-bond donors (Lipinski definition) is 1. The Morgan fingerprint density at radius 3 is 2.46 bits per heavy atom. The number of carbonyl (C=O) groups excluding carboxylic acids is 2. The Balaban J connectivity index is 2.22. The number of hydrogen-bond acceptors (Lipinski definition) is 4. The van der Waals surface area contributed by atoms with Crippen molar-refractivity contribution in [2.75, 3.05) is 13.7 Å². The van der Waals surface area contributed by atoms with Crippen molar-refractivity contribution in [1.29, 1.82) is 0 Å². The van der Waals surface area contributed by atoms with E-state index in [1.165, 1.54) is 6.92 Å². The third-order valence-electron chi connectivity index (χ3n) is 3.37. The molecule has 6 heteroatoms. The Labute approximate surface area is 154 Å². The minimum Gasteiger partial charge on any atom is -0.496 e. The number of halogens is 1. The van der Waals surface area contributed by atoms with E-state index in [0.29, 0.717) is 5.56 Å². The maximum Gasteiger partial charge on any atom is 0.302 e. The molecule has 2 aromatic carbocycles. The van der Waals surface area contributed by atoms with Gasteiger partial charge < -0.3 is 14.8 Å². The van der Waals surface area contributed by atoms with Gasteiger partial charge in [-0.05, 0) is 52.4 Å². The first-order valence-electron chi connectivity index (χ1n) is 7.34. The predicted octanol–water partition coefficient (Wildman–Crippen LogP) is 3.33. The predicted molar refractivity (Wildman–Crippen MR) is 99.0 cm³/mol. The first-order chi connectivity index (χ1) is 11.5. The number of nitrogens with one attached hydrogen (secondary N) is 1. The summed E-state index contributed by atoms with van der Waals surface area (Å²) in [6.07, 6.45) is 0. The molecule has 0 radical (unpaired) electrons. The van der Waals surface area contributed by atoms with Crippen LogP contribution in [0.4, 0.5) is 0 Å². The molecule has 0 spiro atoms. The van der Waals surface area contributed by atoms with E-state index in [4.69, 9.17) is 9.47 Å². The van der Waals surface area contributed by atoms with Crippen LogP contribution >= 0.6 is 22.6 Å². The summed E-state index contributed by atoms with van der Waals surface area (Å²) in [4.78, 5) is 23.5. The topological polar surface area (TPSA) is 64.6 Å². The lowest BCUT2D eigenvalue weighted by molar-refractivity contribution is -0.141. The van der Waals surface area contributed by atoms with Crippen molar-refractivity contribution >= 4 is 34.5 Å². The first-order valence-corrected chi connectivity index (χ1v) is 8.42. The molecule has 126 valence electrons. The lowest BCUT2D eigenvalue weighted by atomic mass is 10.1.